The molecular weight excluding hydrogens is 424 g/mol. The molecule has 1 unspecified atom stereocenters. The van der Waals surface area contributed by atoms with Gasteiger partial charge in [-0.05, 0) is 22.8 Å². The Hall–Kier alpha value is -2.71. The van der Waals surface area contributed by atoms with Gasteiger partial charge in [-0.1, -0.05) is 56.7 Å². The summed E-state index contributed by atoms with van der Waals surface area (Å²) >= 11 is 0. The lowest BCUT2D eigenvalue weighted by Crippen LogP contribution is -2.59. The molecule has 1 fully saturated rings. The van der Waals surface area contributed by atoms with E-state index in [1.165, 1.54) is 0 Å². The van der Waals surface area contributed by atoms with Crippen LogP contribution in [0, 0.1) is 5.92 Å². The maximum atomic E-state index is 13.5. The Morgan fingerprint density at radius 2 is 1.94 bits per heavy atom. The number of carbonyl (C=O) groups excluding carboxylic acids is 1. The van der Waals surface area contributed by atoms with Gasteiger partial charge in [-0.2, -0.15) is 4.31 Å². The molecule has 0 bridgehead atoms. The van der Waals surface area contributed by atoms with Crippen LogP contribution in [0.1, 0.15) is 30.6 Å². The van der Waals surface area contributed by atoms with E-state index in [0.717, 1.165) is 17.2 Å². The maximum absolute atomic E-state index is 13.5. The van der Waals surface area contributed by atoms with Crippen LogP contribution in [0.5, 0.6) is 0 Å². The van der Waals surface area contributed by atoms with Gasteiger partial charge in [0.25, 0.3) is 5.91 Å². The van der Waals surface area contributed by atoms with Gasteiger partial charge in [0.1, 0.15) is 0 Å². The van der Waals surface area contributed by atoms with Crippen molar-refractivity contribution in [2.75, 3.05) is 25.4 Å². The number of piperazine rings is 1. The summed E-state index contributed by atoms with van der Waals surface area (Å²) in [5.41, 5.74) is 0.669. The predicted molar refractivity (Wildman–Crippen MR) is 126 cm³/mol. The highest BCUT2D eigenvalue weighted by Gasteiger charge is 2.39. The summed E-state index contributed by atoms with van der Waals surface area (Å²) in [6, 6.07) is 13.4. The predicted octanol–water partition coefficient (Wildman–Crippen LogP) is 3.24. The monoisotopic (exact) mass is 454 g/mol. The number of benzene rings is 2. The van der Waals surface area contributed by atoms with E-state index in [9.17, 15) is 13.2 Å². The fourth-order valence-corrected chi connectivity index (χ4v) is 6.12. The number of nitrogens with zero attached hydrogens (tertiary/aromatic N) is 4. The molecule has 3 aromatic rings. The normalized spacial score (nSPS) is 18.7. The van der Waals surface area contributed by atoms with Crippen molar-refractivity contribution in [2.24, 2.45) is 5.92 Å². The molecular formula is C24H30N4O3S. The molecule has 32 heavy (non-hydrogen) atoms. The molecule has 0 N–H and O–H groups in total. The number of carbonyl (C=O) groups is 1. The van der Waals surface area contributed by atoms with E-state index < -0.39 is 10.0 Å². The van der Waals surface area contributed by atoms with Crippen molar-refractivity contribution in [3.05, 3.63) is 66.7 Å². The van der Waals surface area contributed by atoms with Crippen LogP contribution in [0.15, 0.2) is 61.2 Å². The van der Waals surface area contributed by atoms with Gasteiger partial charge in [0, 0.05) is 50.2 Å². The Morgan fingerprint density at radius 1 is 1.16 bits per heavy atom. The molecule has 7 nitrogen and oxygen atoms in total. The second-order valence-electron chi connectivity index (χ2n) is 8.46. The van der Waals surface area contributed by atoms with Gasteiger partial charge < -0.3 is 9.47 Å². The van der Waals surface area contributed by atoms with Crippen molar-refractivity contribution >= 4 is 26.7 Å². The number of hydrogen-bond acceptors (Lipinski definition) is 4. The molecule has 1 aliphatic heterocycles. The van der Waals surface area contributed by atoms with Crippen LogP contribution >= 0.6 is 0 Å². The Kier molecular flexibility index (Phi) is 6.62. The number of hydrogen-bond donors (Lipinski definition) is 0. The van der Waals surface area contributed by atoms with Gasteiger partial charge in [-0.15, -0.1) is 0 Å². The van der Waals surface area contributed by atoms with Gasteiger partial charge in [-0.3, -0.25) is 4.79 Å². The number of amides is 1. The SMILES string of the molecule is CCC(C)[C@H]1CN(C(=O)c2cccc3ccccc23)CCN1S(=O)(=O)CCn1ccnc1. The van der Waals surface area contributed by atoms with E-state index in [1.54, 1.807) is 27.6 Å². The first-order valence-electron chi connectivity index (χ1n) is 11.1. The molecule has 0 radical (unpaired) electrons. The zero-order valence-corrected chi connectivity index (χ0v) is 19.4. The van der Waals surface area contributed by atoms with E-state index >= 15 is 0 Å². The van der Waals surface area contributed by atoms with E-state index in [2.05, 4.69) is 18.8 Å². The molecule has 1 amide bonds. The zero-order chi connectivity index (χ0) is 22.7. The Morgan fingerprint density at radius 3 is 2.69 bits per heavy atom. The summed E-state index contributed by atoms with van der Waals surface area (Å²) in [6.07, 6.45) is 5.88. The quantitative estimate of drug-likeness (QED) is 0.549. The first kappa shape index (κ1) is 22.5. The average molecular weight is 455 g/mol. The molecule has 2 aromatic carbocycles. The minimum absolute atomic E-state index is 0.0214. The molecule has 2 heterocycles. The van der Waals surface area contributed by atoms with Crippen LogP contribution < -0.4 is 0 Å². The standard InChI is InChI=1S/C24H30N4O3S/c1-3-19(2)23-17-27(24(29)22-10-6-8-20-7-4-5-9-21(20)22)13-14-28(23)32(30,31)16-15-26-12-11-25-18-26/h4-12,18-19,23H,3,13-17H2,1-2H3/t19?,23-/m1/s1. The van der Waals surface area contributed by atoms with Crippen LogP contribution in [-0.4, -0.2) is 64.5 Å². The molecule has 4 rings (SSSR count). The first-order chi connectivity index (χ1) is 15.4. The molecule has 0 spiro atoms. The van der Waals surface area contributed by atoms with Crippen molar-refractivity contribution < 1.29 is 13.2 Å². The van der Waals surface area contributed by atoms with Crippen molar-refractivity contribution in [3.8, 4) is 0 Å². The summed E-state index contributed by atoms with van der Waals surface area (Å²) < 4.78 is 29.8. The smallest absolute Gasteiger partial charge is 0.254 e. The summed E-state index contributed by atoms with van der Waals surface area (Å²) in [5, 5.41) is 1.95. The van der Waals surface area contributed by atoms with Gasteiger partial charge in [-0.25, -0.2) is 13.4 Å². The zero-order valence-electron chi connectivity index (χ0n) is 18.6. The average Bonchev–Trinajstić information content (AvgIpc) is 3.35. The van der Waals surface area contributed by atoms with Crippen LogP contribution in [0.4, 0.5) is 0 Å². The topological polar surface area (TPSA) is 75.5 Å². The lowest BCUT2D eigenvalue weighted by molar-refractivity contribution is 0.0569. The largest absolute Gasteiger partial charge is 0.336 e. The molecule has 1 saturated heterocycles. The minimum Gasteiger partial charge on any atom is -0.336 e. The molecule has 170 valence electrons. The third kappa shape index (κ3) is 4.56. The summed E-state index contributed by atoms with van der Waals surface area (Å²) in [6.45, 7) is 5.60. The molecule has 1 aliphatic rings. The summed E-state index contributed by atoms with van der Waals surface area (Å²) in [7, 11) is -3.47. The van der Waals surface area contributed by atoms with E-state index in [4.69, 9.17) is 0 Å². The lowest BCUT2D eigenvalue weighted by atomic mass is 9.96. The fraction of sp³-hybridized carbons (Fsp3) is 0.417. The van der Waals surface area contributed by atoms with E-state index in [1.807, 2.05) is 47.4 Å². The van der Waals surface area contributed by atoms with E-state index in [-0.39, 0.29) is 23.6 Å². The van der Waals surface area contributed by atoms with Gasteiger partial charge >= 0.3 is 0 Å². The van der Waals surface area contributed by atoms with E-state index in [0.29, 0.717) is 31.7 Å². The molecule has 1 aromatic heterocycles. The van der Waals surface area contributed by atoms with Gasteiger partial charge in [0.2, 0.25) is 10.0 Å². The van der Waals surface area contributed by atoms with Gasteiger partial charge in [0.05, 0.1) is 12.1 Å². The van der Waals surface area contributed by atoms with Crippen LogP contribution in [-0.2, 0) is 16.6 Å². The van der Waals surface area contributed by atoms with Crippen molar-refractivity contribution in [1.29, 1.82) is 0 Å². The number of sulfonamides is 1. The third-order valence-electron chi connectivity index (χ3n) is 6.50. The van der Waals surface area contributed by atoms with Gasteiger partial charge in [0.15, 0.2) is 0 Å². The van der Waals surface area contributed by atoms with Crippen LogP contribution in [0.2, 0.25) is 0 Å². The third-order valence-corrected chi connectivity index (χ3v) is 8.37. The Balaban J connectivity index is 1.55. The number of aryl methyl sites for hydroxylation is 1. The van der Waals surface area contributed by atoms with Crippen LogP contribution in [0.25, 0.3) is 10.8 Å². The molecule has 2 atom stereocenters. The number of aromatic nitrogens is 2. The van der Waals surface area contributed by atoms with Crippen molar-refractivity contribution in [2.45, 2.75) is 32.9 Å². The fourth-order valence-electron chi connectivity index (χ4n) is 4.40. The number of rotatable bonds is 7. The highest BCUT2D eigenvalue weighted by molar-refractivity contribution is 7.89. The first-order valence-corrected chi connectivity index (χ1v) is 12.7. The highest BCUT2D eigenvalue weighted by atomic mass is 32.2. The maximum Gasteiger partial charge on any atom is 0.254 e. The van der Waals surface area contributed by atoms with Crippen molar-refractivity contribution in [1.82, 2.24) is 18.8 Å². The summed E-state index contributed by atoms with van der Waals surface area (Å²) in [4.78, 5) is 19.3. The minimum atomic E-state index is -3.47. The molecule has 0 aliphatic carbocycles. The molecule has 8 heteroatoms. The highest BCUT2D eigenvalue weighted by Crippen LogP contribution is 2.26. The second-order valence-corrected chi connectivity index (χ2v) is 10.5. The Labute approximate surface area is 189 Å². The second kappa shape index (κ2) is 9.42. The Bertz CT molecular complexity index is 1170. The number of fused-ring (bicyclic) bond motifs is 1. The summed E-state index contributed by atoms with van der Waals surface area (Å²) in [5.74, 6) is 0.125. The number of imidazole rings is 1. The lowest BCUT2D eigenvalue weighted by Gasteiger charge is -2.43. The van der Waals surface area contributed by atoms with Crippen LogP contribution in [0.3, 0.4) is 0 Å². The van der Waals surface area contributed by atoms with Crippen molar-refractivity contribution in [3.63, 3.8) is 0 Å². The molecule has 0 saturated carbocycles.